The average Bonchev–Trinajstić information content (AvgIpc) is 3.53. The van der Waals surface area contributed by atoms with Crippen molar-refractivity contribution in [2.24, 2.45) is 0 Å². The van der Waals surface area contributed by atoms with Gasteiger partial charge in [0.05, 0.1) is 13.2 Å². The Morgan fingerprint density at radius 1 is 1.00 bits per heavy atom. The first-order chi connectivity index (χ1) is 19.8. The summed E-state index contributed by atoms with van der Waals surface area (Å²) in [6, 6.07) is 18.5. The molecule has 214 valence electrons. The second-order valence-electron chi connectivity index (χ2n) is 9.42. The van der Waals surface area contributed by atoms with Crippen LogP contribution in [0.25, 0.3) is 0 Å². The van der Waals surface area contributed by atoms with Gasteiger partial charge in [0.15, 0.2) is 0 Å². The first-order valence-corrected chi connectivity index (χ1v) is 13.1. The number of fused-ring (bicyclic) bond motifs is 2. The molecule has 2 aliphatic rings. The van der Waals surface area contributed by atoms with Gasteiger partial charge in [-0.25, -0.2) is 6.29 Å². The zero-order valence-electron chi connectivity index (χ0n) is 24.1. The van der Waals surface area contributed by atoms with Crippen LogP contribution in [0.3, 0.4) is 0 Å². The van der Waals surface area contributed by atoms with Crippen molar-refractivity contribution in [2.75, 3.05) is 13.2 Å². The largest absolute Gasteiger partial charge is 1.00 e. The Morgan fingerprint density at radius 2 is 1.60 bits per heavy atom. The summed E-state index contributed by atoms with van der Waals surface area (Å²) in [5.41, 5.74) is 6.84. The fourth-order valence-electron chi connectivity index (χ4n) is 4.26. The SMILES string of the molecule is CCO.Cc1ccc2c(c1)B(O)OC2.O=[C-]CN(C=O)Cc1cccc(CNC(=O)c2ccc3c(c2)B(O)OC3)c1.[K+]. The molecule has 3 aromatic rings. The van der Waals surface area contributed by atoms with E-state index < -0.39 is 14.2 Å². The fraction of sp³-hybridized carbons (Fsp3) is 0.276. The molecule has 0 bridgehead atoms. The Kier molecular flexibility index (Phi) is 15.9. The molecule has 4 N–H and O–H groups in total. The van der Waals surface area contributed by atoms with Gasteiger partial charge in [-0.3, -0.25) is 9.59 Å². The fourth-order valence-corrected chi connectivity index (χ4v) is 4.26. The van der Waals surface area contributed by atoms with Crippen LogP contribution >= 0.6 is 0 Å². The zero-order chi connectivity index (χ0) is 29.8. The van der Waals surface area contributed by atoms with Crippen LogP contribution in [0.2, 0.25) is 0 Å². The van der Waals surface area contributed by atoms with Crippen LogP contribution in [0.4, 0.5) is 0 Å². The van der Waals surface area contributed by atoms with E-state index in [9.17, 15) is 24.4 Å². The molecule has 0 fully saturated rings. The zero-order valence-corrected chi connectivity index (χ0v) is 27.2. The minimum Gasteiger partial charge on any atom is -0.540 e. The second-order valence-corrected chi connectivity index (χ2v) is 9.42. The normalized spacial score (nSPS) is 12.4. The first kappa shape index (κ1) is 36.0. The van der Waals surface area contributed by atoms with E-state index in [4.69, 9.17) is 14.4 Å². The van der Waals surface area contributed by atoms with E-state index in [1.165, 1.54) is 4.90 Å². The van der Waals surface area contributed by atoms with Gasteiger partial charge in [-0.15, -0.1) is 0 Å². The Labute approximate surface area is 289 Å². The smallest absolute Gasteiger partial charge is 0.540 e. The maximum absolute atomic E-state index is 12.4. The second kappa shape index (κ2) is 18.5. The molecule has 5 rings (SSSR count). The molecule has 2 aliphatic heterocycles. The van der Waals surface area contributed by atoms with Crippen molar-refractivity contribution in [1.82, 2.24) is 10.2 Å². The number of nitrogens with one attached hydrogen (secondary N) is 1. The number of carbonyl (C=O) groups excluding carboxylic acids is 3. The molecule has 2 heterocycles. The topological polar surface area (TPSA) is 146 Å². The molecular formula is C29H33B2KN2O8. The van der Waals surface area contributed by atoms with Crippen LogP contribution in [0.5, 0.6) is 0 Å². The molecule has 0 aliphatic carbocycles. The van der Waals surface area contributed by atoms with Gasteiger partial charge in [-0.1, -0.05) is 60.6 Å². The maximum Gasteiger partial charge on any atom is 1.00 e. The average molecular weight is 598 g/mol. The van der Waals surface area contributed by atoms with E-state index in [2.05, 4.69) is 5.32 Å². The Morgan fingerprint density at radius 3 is 2.21 bits per heavy atom. The number of nitrogens with zero attached hydrogens (tertiary/aromatic N) is 1. The molecule has 10 nitrogen and oxygen atoms in total. The number of hydrogen-bond acceptors (Lipinski definition) is 8. The Balaban J connectivity index is 0.000000340. The molecule has 0 saturated heterocycles. The van der Waals surface area contributed by atoms with Crippen molar-refractivity contribution < 1.29 is 90.2 Å². The third-order valence-electron chi connectivity index (χ3n) is 6.28. The van der Waals surface area contributed by atoms with Gasteiger partial charge >= 0.3 is 65.6 Å². The van der Waals surface area contributed by atoms with E-state index >= 15 is 0 Å². The van der Waals surface area contributed by atoms with Gasteiger partial charge in [-0.05, 0) is 59.2 Å². The van der Waals surface area contributed by atoms with E-state index in [0.717, 1.165) is 33.3 Å². The summed E-state index contributed by atoms with van der Waals surface area (Å²) < 4.78 is 10.2. The molecule has 42 heavy (non-hydrogen) atoms. The predicted molar refractivity (Wildman–Crippen MR) is 155 cm³/mol. The molecule has 0 aromatic heterocycles. The number of aliphatic hydroxyl groups excluding tert-OH is 1. The van der Waals surface area contributed by atoms with E-state index in [1.807, 2.05) is 49.4 Å². The van der Waals surface area contributed by atoms with Crippen LogP contribution in [0.15, 0.2) is 60.7 Å². The van der Waals surface area contributed by atoms with Crippen LogP contribution in [0.1, 0.15) is 45.1 Å². The van der Waals surface area contributed by atoms with Crippen LogP contribution in [-0.4, -0.2) is 66.0 Å². The van der Waals surface area contributed by atoms with Gasteiger partial charge in [0, 0.05) is 25.3 Å². The number of carbonyl (C=O) groups is 2. The quantitative estimate of drug-likeness (QED) is 0.123. The van der Waals surface area contributed by atoms with Crippen molar-refractivity contribution in [3.8, 4) is 0 Å². The van der Waals surface area contributed by atoms with Crippen molar-refractivity contribution >= 4 is 43.8 Å². The maximum atomic E-state index is 12.4. The number of rotatable bonds is 8. The minimum absolute atomic E-state index is 0. The van der Waals surface area contributed by atoms with Crippen LogP contribution in [0, 0.1) is 6.92 Å². The number of aliphatic hydroxyl groups is 1. The minimum atomic E-state index is -0.992. The number of benzene rings is 3. The monoisotopic (exact) mass is 598 g/mol. The summed E-state index contributed by atoms with van der Waals surface area (Å²) in [6.07, 6.45) is 2.30. The predicted octanol–water partition coefficient (Wildman–Crippen LogP) is -2.88. The van der Waals surface area contributed by atoms with Crippen LogP contribution in [-0.2, 0) is 45.2 Å². The van der Waals surface area contributed by atoms with Crippen molar-refractivity contribution in [3.63, 3.8) is 0 Å². The van der Waals surface area contributed by atoms with Gasteiger partial charge in [0.25, 0.3) is 5.91 Å². The summed E-state index contributed by atoms with van der Waals surface area (Å²) in [7, 11) is -1.70. The molecule has 0 spiro atoms. The van der Waals surface area contributed by atoms with E-state index in [1.54, 1.807) is 31.4 Å². The third kappa shape index (κ3) is 10.5. The molecule has 0 unspecified atom stereocenters. The molecule has 0 saturated carbocycles. The van der Waals surface area contributed by atoms with Crippen LogP contribution < -0.4 is 67.6 Å². The van der Waals surface area contributed by atoms with Gasteiger partial charge in [0.1, 0.15) is 0 Å². The van der Waals surface area contributed by atoms with Crippen molar-refractivity contribution in [3.05, 3.63) is 94.0 Å². The van der Waals surface area contributed by atoms with Gasteiger partial charge in [0.2, 0.25) is 6.41 Å². The summed E-state index contributed by atoms with van der Waals surface area (Å²) >= 11 is 0. The van der Waals surface area contributed by atoms with Crippen molar-refractivity contribution in [2.45, 2.75) is 40.2 Å². The first-order valence-electron chi connectivity index (χ1n) is 13.1. The molecule has 2 amide bonds. The number of hydrogen-bond donors (Lipinski definition) is 4. The third-order valence-corrected chi connectivity index (χ3v) is 6.28. The molecular weight excluding hydrogens is 565 g/mol. The molecule has 13 heteroatoms. The molecule has 0 radical (unpaired) electrons. The molecule has 3 aromatic carbocycles. The number of amides is 2. The standard InChI is InChI=1S/C19H18BN2O5.C8H9BO2.C2H6O.K/c23-7-6-22(13-24)11-15-3-1-2-14(8-15)10-21-19(25)16-4-5-17-12-27-20(26)18(17)9-16;1-6-2-3-7-5-11-9(10)8(7)4-6;1-2-3;/h1-5,8-9,13,26H,6,10-12H2,(H,21,25);2-4,10H,5H2,1H3;3H,2H2,1H3;/q-1;;;+1. The van der Waals surface area contributed by atoms with Crippen molar-refractivity contribution in [1.29, 1.82) is 0 Å². The van der Waals surface area contributed by atoms with E-state index in [-0.39, 0.29) is 70.4 Å². The molecule has 0 atom stereocenters. The Bertz CT molecular complexity index is 1350. The van der Waals surface area contributed by atoms with E-state index in [0.29, 0.717) is 43.7 Å². The van der Waals surface area contributed by atoms with Gasteiger partial charge < -0.3 is 39.5 Å². The summed E-state index contributed by atoms with van der Waals surface area (Å²) in [4.78, 5) is 35.1. The summed E-state index contributed by atoms with van der Waals surface area (Å²) in [6.45, 7) is 5.33. The summed E-state index contributed by atoms with van der Waals surface area (Å²) in [5, 5.41) is 29.4. The Hall–Kier alpha value is -2.16. The summed E-state index contributed by atoms with van der Waals surface area (Å²) in [5.74, 6) is -0.257. The van der Waals surface area contributed by atoms with Gasteiger partial charge in [-0.2, -0.15) is 0 Å². The number of aryl methyl sites for hydroxylation is 1.